The van der Waals surface area contributed by atoms with Gasteiger partial charge in [-0.15, -0.1) is 11.3 Å². The number of thiophene rings is 1. The summed E-state index contributed by atoms with van der Waals surface area (Å²) in [5.74, 6) is -0.356. The number of benzene rings is 1. The van der Waals surface area contributed by atoms with E-state index in [0.29, 0.717) is 17.5 Å². The molecule has 1 unspecified atom stereocenters. The molecule has 2 aromatic rings. The number of hydrogen-bond donors (Lipinski definition) is 1. The van der Waals surface area contributed by atoms with Crippen LogP contribution in [0.2, 0.25) is 0 Å². The van der Waals surface area contributed by atoms with E-state index in [9.17, 15) is 18.0 Å². The normalized spacial score (nSPS) is 23.5. The number of alkyl halides is 3. The molecule has 0 spiro atoms. The number of nitrogens with two attached hydrogens (primary N) is 1. The lowest BCUT2D eigenvalue weighted by Gasteiger charge is -2.39. The van der Waals surface area contributed by atoms with E-state index in [2.05, 4.69) is 4.99 Å². The van der Waals surface area contributed by atoms with Crippen molar-refractivity contribution in [3.8, 4) is 11.1 Å². The van der Waals surface area contributed by atoms with Gasteiger partial charge in [0, 0.05) is 11.9 Å². The monoisotopic (exact) mass is 395 g/mol. The molecule has 27 heavy (non-hydrogen) atoms. The first-order valence-corrected chi connectivity index (χ1v) is 9.35. The molecule has 0 aliphatic carbocycles. The van der Waals surface area contributed by atoms with E-state index in [1.807, 2.05) is 13.8 Å². The predicted molar refractivity (Wildman–Crippen MR) is 100 cm³/mol. The Labute approximate surface area is 159 Å². The van der Waals surface area contributed by atoms with Crippen LogP contribution in [0.5, 0.6) is 0 Å². The second kappa shape index (κ2) is 6.67. The number of carbonyl (C=O) groups excluding carboxylic acids is 1. The number of aliphatic imine (C=N–C) groups is 1. The minimum atomic E-state index is -4.40. The molecule has 0 bridgehead atoms. The van der Waals surface area contributed by atoms with Crippen LogP contribution in [0.15, 0.2) is 40.7 Å². The molecule has 0 fully saturated rings. The van der Waals surface area contributed by atoms with Crippen molar-refractivity contribution in [3.05, 3.63) is 46.2 Å². The van der Waals surface area contributed by atoms with Gasteiger partial charge in [-0.05, 0) is 48.1 Å². The topological polar surface area (TPSA) is 58.7 Å². The first-order valence-electron chi connectivity index (χ1n) is 8.47. The zero-order valence-corrected chi connectivity index (χ0v) is 16.0. The van der Waals surface area contributed by atoms with Crippen LogP contribution >= 0.6 is 11.3 Å². The van der Waals surface area contributed by atoms with Crippen molar-refractivity contribution >= 4 is 23.2 Å². The molecule has 1 aromatic heterocycles. The highest BCUT2D eigenvalue weighted by Gasteiger charge is 2.46. The quantitative estimate of drug-likeness (QED) is 0.834. The van der Waals surface area contributed by atoms with Crippen molar-refractivity contribution in [2.45, 2.75) is 32.0 Å². The van der Waals surface area contributed by atoms with Gasteiger partial charge in [0.15, 0.2) is 5.96 Å². The molecule has 2 atom stereocenters. The number of hydrogen-bond acceptors (Lipinski definition) is 4. The lowest BCUT2D eigenvalue weighted by atomic mass is 9.80. The van der Waals surface area contributed by atoms with E-state index in [4.69, 9.17) is 5.73 Å². The third-order valence-corrected chi connectivity index (χ3v) is 6.18. The zero-order valence-electron chi connectivity index (χ0n) is 15.2. The summed E-state index contributed by atoms with van der Waals surface area (Å²) >= 11 is 1.37. The van der Waals surface area contributed by atoms with Gasteiger partial charge in [0.1, 0.15) is 5.54 Å². The summed E-state index contributed by atoms with van der Waals surface area (Å²) in [5.41, 5.74) is 5.52. The average molecular weight is 395 g/mol. The van der Waals surface area contributed by atoms with Gasteiger partial charge in [-0.25, -0.2) is 4.99 Å². The Morgan fingerprint density at radius 2 is 2.00 bits per heavy atom. The summed E-state index contributed by atoms with van der Waals surface area (Å²) in [6.07, 6.45) is -3.82. The summed E-state index contributed by atoms with van der Waals surface area (Å²) in [5, 5.41) is 1.79. The fraction of sp³-hybridized carbons (Fsp3) is 0.368. The van der Waals surface area contributed by atoms with Crippen molar-refractivity contribution in [3.63, 3.8) is 0 Å². The molecule has 2 heterocycles. The minimum absolute atomic E-state index is 0.110. The number of nitrogens with zero attached hydrogens (tertiary/aromatic N) is 2. The Bertz CT molecular complexity index is 906. The molecule has 8 heteroatoms. The standard InChI is InChI=1S/C19H20F3N3OS/c1-4-14-16(26)25(3)17(23)24-18(14,2)15-9-12(10-27-15)11-6-5-7-13(8-11)19(20,21)22/h5-10,14H,4H2,1-3H3,(H2,23,24)/t14?,18-/m0/s1. The zero-order chi connectivity index (χ0) is 20.0. The summed E-state index contributed by atoms with van der Waals surface area (Å²) in [6.45, 7) is 3.76. The molecular weight excluding hydrogens is 375 g/mol. The molecule has 1 aliphatic rings. The highest BCUT2D eigenvalue weighted by atomic mass is 32.1. The van der Waals surface area contributed by atoms with Gasteiger partial charge in [0.2, 0.25) is 5.91 Å². The number of rotatable bonds is 3. The fourth-order valence-electron chi connectivity index (χ4n) is 3.40. The van der Waals surface area contributed by atoms with E-state index >= 15 is 0 Å². The lowest BCUT2D eigenvalue weighted by molar-refractivity contribution is -0.137. The molecule has 3 rings (SSSR count). The summed E-state index contributed by atoms with van der Waals surface area (Å²) in [7, 11) is 1.59. The molecule has 2 N–H and O–H groups in total. The summed E-state index contributed by atoms with van der Waals surface area (Å²) in [6, 6.07) is 7.01. The maximum atomic E-state index is 13.0. The van der Waals surface area contributed by atoms with E-state index in [-0.39, 0.29) is 17.8 Å². The van der Waals surface area contributed by atoms with Crippen molar-refractivity contribution in [2.75, 3.05) is 7.05 Å². The van der Waals surface area contributed by atoms with Gasteiger partial charge in [-0.2, -0.15) is 13.2 Å². The van der Waals surface area contributed by atoms with E-state index < -0.39 is 17.3 Å². The molecule has 4 nitrogen and oxygen atoms in total. The second-order valence-corrected chi connectivity index (χ2v) is 7.67. The summed E-state index contributed by atoms with van der Waals surface area (Å²) < 4.78 is 39.0. The van der Waals surface area contributed by atoms with Crippen molar-refractivity contribution < 1.29 is 18.0 Å². The third kappa shape index (κ3) is 3.34. The maximum absolute atomic E-state index is 13.0. The van der Waals surface area contributed by atoms with Crippen LogP contribution in [0, 0.1) is 5.92 Å². The van der Waals surface area contributed by atoms with Crippen LogP contribution in [0.1, 0.15) is 30.7 Å². The van der Waals surface area contributed by atoms with Crippen LogP contribution < -0.4 is 5.73 Å². The minimum Gasteiger partial charge on any atom is -0.369 e. The van der Waals surface area contributed by atoms with Gasteiger partial charge in [0.05, 0.1) is 11.5 Å². The number of carbonyl (C=O) groups is 1. The second-order valence-electron chi connectivity index (χ2n) is 6.75. The van der Waals surface area contributed by atoms with E-state index in [1.165, 1.54) is 22.3 Å². The Balaban J connectivity index is 2.04. The number of amides is 1. The number of halogens is 3. The van der Waals surface area contributed by atoms with Crippen LogP contribution in [-0.2, 0) is 16.5 Å². The van der Waals surface area contributed by atoms with Crippen LogP contribution in [-0.4, -0.2) is 23.8 Å². The van der Waals surface area contributed by atoms with Gasteiger partial charge in [-0.3, -0.25) is 9.69 Å². The van der Waals surface area contributed by atoms with Crippen molar-refractivity contribution in [1.82, 2.24) is 4.90 Å². The maximum Gasteiger partial charge on any atom is 0.416 e. The highest BCUT2D eigenvalue weighted by Crippen LogP contribution is 2.44. The molecule has 0 radical (unpaired) electrons. The van der Waals surface area contributed by atoms with Crippen LogP contribution in [0.25, 0.3) is 11.1 Å². The molecule has 0 saturated heterocycles. The lowest BCUT2D eigenvalue weighted by Crippen LogP contribution is -2.53. The Kier molecular flexibility index (Phi) is 4.80. The Morgan fingerprint density at radius 3 is 2.63 bits per heavy atom. The molecule has 144 valence electrons. The molecule has 1 aliphatic heterocycles. The highest BCUT2D eigenvalue weighted by molar-refractivity contribution is 7.10. The van der Waals surface area contributed by atoms with E-state index in [0.717, 1.165) is 17.0 Å². The van der Waals surface area contributed by atoms with Crippen LogP contribution in [0.4, 0.5) is 13.2 Å². The van der Waals surface area contributed by atoms with Gasteiger partial charge in [0.25, 0.3) is 0 Å². The van der Waals surface area contributed by atoms with Gasteiger partial charge in [-0.1, -0.05) is 19.1 Å². The molecule has 0 saturated carbocycles. The SMILES string of the molecule is CCC1C(=O)N(C)C(N)=N[C@]1(C)c1cc(-c2cccc(C(F)(F)F)c2)cs1. The third-order valence-electron chi connectivity index (χ3n) is 5.03. The first kappa shape index (κ1) is 19.4. The fourth-order valence-corrected chi connectivity index (χ4v) is 4.48. The average Bonchev–Trinajstić information content (AvgIpc) is 3.10. The molecular formula is C19H20F3N3OS. The summed E-state index contributed by atoms with van der Waals surface area (Å²) in [4.78, 5) is 19.3. The van der Waals surface area contributed by atoms with Gasteiger partial charge >= 0.3 is 6.18 Å². The van der Waals surface area contributed by atoms with E-state index in [1.54, 1.807) is 24.6 Å². The Hall–Kier alpha value is -2.35. The smallest absolute Gasteiger partial charge is 0.369 e. The Morgan fingerprint density at radius 1 is 1.30 bits per heavy atom. The number of guanidine groups is 1. The largest absolute Gasteiger partial charge is 0.416 e. The first-order chi connectivity index (χ1) is 12.6. The van der Waals surface area contributed by atoms with Crippen LogP contribution in [0.3, 0.4) is 0 Å². The van der Waals surface area contributed by atoms with Gasteiger partial charge < -0.3 is 5.73 Å². The van der Waals surface area contributed by atoms with Crippen molar-refractivity contribution in [1.29, 1.82) is 0 Å². The molecule has 1 aromatic carbocycles. The van der Waals surface area contributed by atoms with Crippen molar-refractivity contribution in [2.24, 2.45) is 16.6 Å². The molecule has 1 amide bonds. The predicted octanol–water partition coefficient (Wildman–Crippen LogP) is 4.46.